The Balaban J connectivity index is 2.06. The zero-order chi connectivity index (χ0) is 17.0. The summed E-state index contributed by atoms with van der Waals surface area (Å²) in [5.74, 6) is 0. The van der Waals surface area contributed by atoms with Crippen molar-refractivity contribution >= 4 is 21.6 Å². The molecule has 124 valence electrons. The van der Waals surface area contributed by atoms with Crippen LogP contribution in [-0.2, 0) is 16.6 Å². The highest BCUT2D eigenvalue weighted by Gasteiger charge is 2.17. The molecule has 0 aromatic heterocycles. The van der Waals surface area contributed by atoms with Crippen LogP contribution < -0.4 is 5.32 Å². The lowest BCUT2D eigenvalue weighted by atomic mass is 10.1. The normalized spacial score (nSPS) is 13.3. The SMILES string of the molecule is CC(NCc1ccccc1Cl)c1ccc(S(=O)(=O)N(C)C)cc1. The maximum atomic E-state index is 12.1. The monoisotopic (exact) mass is 352 g/mol. The van der Waals surface area contributed by atoms with Crippen molar-refractivity contribution in [3.63, 3.8) is 0 Å². The van der Waals surface area contributed by atoms with Crippen molar-refractivity contribution in [1.82, 2.24) is 9.62 Å². The maximum absolute atomic E-state index is 12.1. The largest absolute Gasteiger partial charge is 0.306 e. The molecule has 0 spiro atoms. The summed E-state index contributed by atoms with van der Waals surface area (Å²) in [7, 11) is -0.335. The smallest absolute Gasteiger partial charge is 0.242 e. The Hall–Kier alpha value is -1.40. The van der Waals surface area contributed by atoms with Gasteiger partial charge < -0.3 is 5.32 Å². The first-order valence-corrected chi connectivity index (χ1v) is 9.13. The van der Waals surface area contributed by atoms with E-state index in [1.165, 1.54) is 18.4 Å². The molecule has 0 aliphatic rings. The second-order valence-corrected chi connectivity index (χ2v) is 8.11. The Morgan fingerprint density at radius 3 is 2.26 bits per heavy atom. The molecule has 2 rings (SSSR count). The quantitative estimate of drug-likeness (QED) is 0.866. The average molecular weight is 353 g/mol. The molecule has 0 fully saturated rings. The van der Waals surface area contributed by atoms with Crippen molar-refractivity contribution in [2.24, 2.45) is 0 Å². The molecule has 2 aromatic rings. The highest BCUT2D eigenvalue weighted by Crippen LogP contribution is 2.20. The van der Waals surface area contributed by atoms with Crippen molar-refractivity contribution in [3.05, 3.63) is 64.7 Å². The van der Waals surface area contributed by atoms with E-state index in [2.05, 4.69) is 5.32 Å². The summed E-state index contributed by atoms with van der Waals surface area (Å²) in [6.07, 6.45) is 0. The van der Waals surface area contributed by atoms with Crippen LogP contribution >= 0.6 is 11.6 Å². The van der Waals surface area contributed by atoms with Gasteiger partial charge in [0.15, 0.2) is 0 Å². The first-order valence-electron chi connectivity index (χ1n) is 7.31. The lowest BCUT2D eigenvalue weighted by molar-refractivity contribution is 0.520. The summed E-state index contributed by atoms with van der Waals surface area (Å²) in [6, 6.07) is 14.7. The van der Waals surface area contributed by atoms with Crippen LogP contribution in [0, 0.1) is 0 Å². The topological polar surface area (TPSA) is 49.4 Å². The summed E-state index contributed by atoms with van der Waals surface area (Å²) < 4.78 is 25.3. The van der Waals surface area contributed by atoms with Gasteiger partial charge in [0.25, 0.3) is 0 Å². The molecule has 6 heteroatoms. The second kappa shape index (κ2) is 7.45. The zero-order valence-corrected chi connectivity index (χ0v) is 15.0. The summed E-state index contributed by atoms with van der Waals surface area (Å²) in [5.41, 5.74) is 2.06. The molecule has 1 N–H and O–H groups in total. The molecular formula is C17H21ClN2O2S. The molecule has 1 unspecified atom stereocenters. The standard InChI is InChI=1S/C17H21ClN2O2S/c1-13(19-12-15-6-4-5-7-17(15)18)14-8-10-16(11-9-14)23(21,22)20(2)3/h4-11,13,19H,12H2,1-3H3. The third-order valence-corrected chi connectivity index (χ3v) is 5.91. The molecule has 2 aromatic carbocycles. The molecule has 0 bridgehead atoms. The van der Waals surface area contributed by atoms with Gasteiger partial charge in [-0.2, -0.15) is 0 Å². The van der Waals surface area contributed by atoms with Crippen molar-refractivity contribution in [1.29, 1.82) is 0 Å². The molecule has 0 heterocycles. The first-order chi connectivity index (χ1) is 10.8. The van der Waals surface area contributed by atoms with E-state index in [1.807, 2.05) is 43.3 Å². The predicted octanol–water partition coefficient (Wildman–Crippen LogP) is 3.44. The van der Waals surface area contributed by atoms with E-state index in [4.69, 9.17) is 11.6 Å². The number of hydrogen-bond donors (Lipinski definition) is 1. The number of sulfonamides is 1. The molecular weight excluding hydrogens is 332 g/mol. The van der Waals surface area contributed by atoms with Gasteiger partial charge in [-0.05, 0) is 36.2 Å². The number of nitrogens with one attached hydrogen (secondary N) is 1. The average Bonchev–Trinajstić information content (AvgIpc) is 2.53. The lowest BCUT2D eigenvalue weighted by Crippen LogP contribution is -2.22. The number of benzene rings is 2. The van der Waals surface area contributed by atoms with E-state index in [0.717, 1.165) is 16.1 Å². The van der Waals surface area contributed by atoms with Gasteiger partial charge in [-0.1, -0.05) is 41.9 Å². The van der Waals surface area contributed by atoms with Crippen molar-refractivity contribution < 1.29 is 8.42 Å². The molecule has 23 heavy (non-hydrogen) atoms. The zero-order valence-electron chi connectivity index (χ0n) is 13.5. The molecule has 0 saturated heterocycles. The van der Waals surface area contributed by atoms with E-state index in [0.29, 0.717) is 11.4 Å². The van der Waals surface area contributed by atoms with E-state index in [9.17, 15) is 8.42 Å². The number of nitrogens with zero attached hydrogens (tertiary/aromatic N) is 1. The highest BCUT2D eigenvalue weighted by atomic mass is 35.5. The minimum Gasteiger partial charge on any atom is -0.306 e. The predicted molar refractivity (Wildman–Crippen MR) is 94.0 cm³/mol. The number of rotatable bonds is 6. The third kappa shape index (κ3) is 4.32. The molecule has 0 aliphatic heterocycles. The summed E-state index contributed by atoms with van der Waals surface area (Å²) >= 11 is 6.14. The minimum atomic E-state index is -3.38. The molecule has 0 saturated carbocycles. The van der Waals surface area contributed by atoms with Crippen LogP contribution in [0.1, 0.15) is 24.1 Å². The Kier molecular flexibility index (Phi) is 5.81. The van der Waals surface area contributed by atoms with Gasteiger partial charge in [0, 0.05) is 31.7 Å². The fourth-order valence-corrected chi connectivity index (χ4v) is 3.27. The van der Waals surface area contributed by atoms with E-state index in [-0.39, 0.29) is 6.04 Å². The number of hydrogen-bond acceptors (Lipinski definition) is 3. The van der Waals surface area contributed by atoms with Crippen LogP contribution in [0.15, 0.2) is 53.4 Å². The van der Waals surface area contributed by atoms with Crippen LogP contribution in [-0.4, -0.2) is 26.8 Å². The summed E-state index contributed by atoms with van der Waals surface area (Å²) in [4.78, 5) is 0.296. The van der Waals surface area contributed by atoms with Gasteiger partial charge in [-0.3, -0.25) is 0 Å². The van der Waals surface area contributed by atoms with Crippen molar-refractivity contribution in [2.75, 3.05) is 14.1 Å². The van der Waals surface area contributed by atoms with Crippen LogP contribution in [0.5, 0.6) is 0 Å². The fourth-order valence-electron chi connectivity index (χ4n) is 2.16. The van der Waals surface area contributed by atoms with Gasteiger partial charge >= 0.3 is 0 Å². The highest BCUT2D eigenvalue weighted by molar-refractivity contribution is 7.89. The minimum absolute atomic E-state index is 0.0855. The van der Waals surface area contributed by atoms with E-state index < -0.39 is 10.0 Å². The molecule has 1 atom stereocenters. The van der Waals surface area contributed by atoms with Crippen molar-refractivity contribution in [2.45, 2.75) is 24.4 Å². The Morgan fingerprint density at radius 1 is 1.09 bits per heavy atom. The molecule has 0 radical (unpaired) electrons. The number of halogens is 1. The van der Waals surface area contributed by atoms with Gasteiger partial charge in [-0.15, -0.1) is 0 Å². The van der Waals surface area contributed by atoms with Crippen LogP contribution in [0.4, 0.5) is 0 Å². The fraction of sp³-hybridized carbons (Fsp3) is 0.294. The van der Waals surface area contributed by atoms with Crippen LogP contribution in [0.3, 0.4) is 0 Å². The van der Waals surface area contributed by atoms with Gasteiger partial charge in [-0.25, -0.2) is 12.7 Å². The first kappa shape index (κ1) is 17.9. The van der Waals surface area contributed by atoms with Crippen LogP contribution in [0.25, 0.3) is 0 Å². The lowest BCUT2D eigenvalue weighted by Gasteiger charge is -2.16. The van der Waals surface area contributed by atoms with E-state index >= 15 is 0 Å². The van der Waals surface area contributed by atoms with Gasteiger partial charge in [0.1, 0.15) is 0 Å². The van der Waals surface area contributed by atoms with Crippen LogP contribution in [0.2, 0.25) is 5.02 Å². The van der Waals surface area contributed by atoms with Crippen molar-refractivity contribution in [3.8, 4) is 0 Å². The molecule has 0 aliphatic carbocycles. The molecule has 4 nitrogen and oxygen atoms in total. The molecule has 0 amide bonds. The maximum Gasteiger partial charge on any atom is 0.242 e. The third-order valence-electron chi connectivity index (χ3n) is 3.72. The Bertz CT molecular complexity index is 758. The van der Waals surface area contributed by atoms with Gasteiger partial charge in [0.05, 0.1) is 4.90 Å². The summed E-state index contributed by atoms with van der Waals surface area (Å²) in [5, 5.41) is 4.13. The van der Waals surface area contributed by atoms with Gasteiger partial charge in [0.2, 0.25) is 10.0 Å². The Morgan fingerprint density at radius 2 is 1.70 bits per heavy atom. The Labute approximate surface area is 143 Å². The van der Waals surface area contributed by atoms with E-state index in [1.54, 1.807) is 12.1 Å². The second-order valence-electron chi connectivity index (χ2n) is 5.55. The summed E-state index contributed by atoms with van der Waals surface area (Å²) in [6.45, 7) is 2.69.